The summed E-state index contributed by atoms with van der Waals surface area (Å²) in [6.07, 6.45) is 0.182. The van der Waals surface area contributed by atoms with E-state index in [9.17, 15) is 9.59 Å². The van der Waals surface area contributed by atoms with E-state index in [1.807, 2.05) is 6.92 Å². The first kappa shape index (κ1) is 19.4. The molecule has 0 aliphatic heterocycles. The molecule has 0 spiro atoms. The highest BCUT2D eigenvalue weighted by Gasteiger charge is 2.12. The van der Waals surface area contributed by atoms with E-state index in [4.69, 9.17) is 10.5 Å². The summed E-state index contributed by atoms with van der Waals surface area (Å²) in [6.45, 7) is 4.54. The first-order valence-electron chi connectivity index (χ1n) is 6.62. The first-order chi connectivity index (χ1) is 9.47. The predicted molar refractivity (Wildman–Crippen MR) is 85.2 cm³/mol. The fourth-order valence-corrected chi connectivity index (χ4v) is 1.74. The van der Waals surface area contributed by atoms with Crippen molar-refractivity contribution in [2.45, 2.75) is 20.3 Å². The lowest BCUT2D eigenvalue weighted by atomic mass is 10.0. The maximum atomic E-state index is 11.9. The van der Waals surface area contributed by atoms with E-state index in [1.165, 1.54) is 6.92 Å². The third-order valence-electron chi connectivity index (χ3n) is 3.09. The molecule has 1 unspecified atom stereocenters. The van der Waals surface area contributed by atoms with Crippen LogP contribution in [0.4, 0.5) is 0 Å². The van der Waals surface area contributed by atoms with Crippen molar-refractivity contribution in [2.24, 2.45) is 11.7 Å². The first-order valence-corrected chi connectivity index (χ1v) is 6.62. The van der Waals surface area contributed by atoms with Crippen LogP contribution in [-0.4, -0.2) is 31.9 Å². The molecule has 0 aliphatic carbocycles. The fourth-order valence-electron chi connectivity index (χ4n) is 1.74. The smallest absolute Gasteiger partial charge is 0.224 e. The Hall–Kier alpha value is -1.59. The van der Waals surface area contributed by atoms with Gasteiger partial charge in [-0.05, 0) is 37.6 Å². The average Bonchev–Trinajstić information content (AvgIpc) is 2.44. The standard InChI is InChI=1S/C15H22N2O3.ClH/c1-10(8-16)9-17-15(19)7-13-6-12(11(2)18)4-5-14(13)20-3;/h4-6,10H,7-9,16H2,1-3H3,(H,17,19);1H. The van der Waals surface area contributed by atoms with Gasteiger partial charge in [-0.3, -0.25) is 9.59 Å². The van der Waals surface area contributed by atoms with Gasteiger partial charge in [-0.1, -0.05) is 6.92 Å². The van der Waals surface area contributed by atoms with Crippen LogP contribution in [0.15, 0.2) is 18.2 Å². The number of methoxy groups -OCH3 is 1. The molecular formula is C15H23ClN2O3. The van der Waals surface area contributed by atoms with E-state index in [1.54, 1.807) is 25.3 Å². The van der Waals surface area contributed by atoms with Gasteiger partial charge in [-0.25, -0.2) is 0 Å². The van der Waals surface area contributed by atoms with E-state index in [0.29, 0.717) is 30.0 Å². The summed E-state index contributed by atoms with van der Waals surface area (Å²) in [5, 5.41) is 2.82. The number of hydrogen-bond acceptors (Lipinski definition) is 4. The number of rotatable bonds is 7. The van der Waals surface area contributed by atoms with Crippen LogP contribution in [0.3, 0.4) is 0 Å². The van der Waals surface area contributed by atoms with Crippen molar-refractivity contribution in [3.63, 3.8) is 0 Å². The van der Waals surface area contributed by atoms with Crippen molar-refractivity contribution >= 4 is 24.1 Å². The van der Waals surface area contributed by atoms with E-state index in [0.717, 1.165) is 0 Å². The number of Topliss-reactive ketones (excluding diaryl/α,β-unsaturated/α-hetero) is 1. The van der Waals surface area contributed by atoms with Gasteiger partial charge in [0.05, 0.1) is 13.5 Å². The second-order valence-electron chi connectivity index (χ2n) is 4.90. The zero-order valence-corrected chi connectivity index (χ0v) is 13.5. The third-order valence-corrected chi connectivity index (χ3v) is 3.09. The number of nitrogens with two attached hydrogens (primary N) is 1. The molecule has 0 radical (unpaired) electrons. The summed E-state index contributed by atoms with van der Waals surface area (Å²) in [4.78, 5) is 23.3. The Kier molecular flexibility index (Phi) is 8.66. The Bertz CT molecular complexity index is 492. The van der Waals surface area contributed by atoms with E-state index in [-0.39, 0.29) is 36.4 Å². The van der Waals surface area contributed by atoms with Crippen LogP contribution < -0.4 is 15.8 Å². The Morgan fingerprint density at radius 3 is 2.57 bits per heavy atom. The minimum atomic E-state index is -0.107. The molecule has 6 heteroatoms. The molecule has 0 bridgehead atoms. The molecule has 5 nitrogen and oxygen atoms in total. The lowest BCUT2D eigenvalue weighted by molar-refractivity contribution is -0.120. The molecule has 1 aromatic carbocycles. The third kappa shape index (κ3) is 6.14. The highest BCUT2D eigenvalue weighted by atomic mass is 35.5. The second kappa shape index (κ2) is 9.37. The van der Waals surface area contributed by atoms with Gasteiger partial charge in [-0.2, -0.15) is 0 Å². The van der Waals surface area contributed by atoms with Crippen LogP contribution in [0.2, 0.25) is 0 Å². The quantitative estimate of drug-likeness (QED) is 0.749. The molecule has 1 rings (SSSR count). The summed E-state index contributed by atoms with van der Waals surface area (Å²) in [6, 6.07) is 5.11. The van der Waals surface area contributed by atoms with Crippen LogP contribution in [0.5, 0.6) is 5.75 Å². The number of amides is 1. The zero-order chi connectivity index (χ0) is 15.1. The van der Waals surface area contributed by atoms with Gasteiger partial charge >= 0.3 is 0 Å². The van der Waals surface area contributed by atoms with Gasteiger partial charge in [0.1, 0.15) is 5.75 Å². The minimum Gasteiger partial charge on any atom is -0.496 e. The van der Waals surface area contributed by atoms with Gasteiger partial charge in [-0.15, -0.1) is 12.4 Å². The maximum absolute atomic E-state index is 11.9. The molecule has 0 aromatic heterocycles. The fraction of sp³-hybridized carbons (Fsp3) is 0.467. The summed E-state index contributed by atoms with van der Waals surface area (Å²) in [5.74, 6) is 0.705. The number of carbonyl (C=O) groups excluding carboxylic acids is 2. The molecule has 1 aromatic rings. The van der Waals surface area contributed by atoms with Crippen LogP contribution in [0.25, 0.3) is 0 Å². The number of ketones is 1. The highest BCUT2D eigenvalue weighted by Crippen LogP contribution is 2.20. The van der Waals surface area contributed by atoms with Gasteiger partial charge in [0, 0.05) is 17.7 Å². The van der Waals surface area contributed by atoms with E-state index < -0.39 is 0 Å². The molecule has 21 heavy (non-hydrogen) atoms. The second-order valence-corrected chi connectivity index (χ2v) is 4.90. The Morgan fingerprint density at radius 2 is 2.05 bits per heavy atom. The SMILES string of the molecule is COc1ccc(C(C)=O)cc1CC(=O)NCC(C)CN.Cl. The van der Waals surface area contributed by atoms with Crippen LogP contribution in [0, 0.1) is 5.92 Å². The summed E-state index contributed by atoms with van der Waals surface area (Å²) in [5.41, 5.74) is 6.78. The number of nitrogens with one attached hydrogen (secondary N) is 1. The topological polar surface area (TPSA) is 81.4 Å². The van der Waals surface area contributed by atoms with Crippen LogP contribution in [-0.2, 0) is 11.2 Å². The monoisotopic (exact) mass is 314 g/mol. The summed E-state index contributed by atoms with van der Waals surface area (Å²) in [7, 11) is 1.54. The van der Waals surface area contributed by atoms with Gasteiger partial charge < -0.3 is 15.8 Å². The summed E-state index contributed by atoms with van der Waals surface area (Å²) >= 11 is 0. The van der Waals surface area contributed by atoms with Crippen molar-refractivity contribution < 1.29 is 14.3 Å². The molecule has 0 heterocycles. The van der Waals surface area contributed by atoms with Gasteiger partial charge in [0.25, 0.3) is 0 Å². The van der Waals surface area contributed by atoms with Crippen molar-refractivity contribution in [2.75, 3.05) is 20.2 Å². The molecule has 1 atom stereocenters. The average molecular weight is 315 g/mol. The van der Waals surface area contributed by atoms with Crippen LogP contribution in [0.1, 0.15) is 29.8 Å². The normalized spacial score (nSPS) is 11.2. The minimum absolute atomic E-state index is 0. The number of ether oxygens (including phenoxy) is 1. The number of benzene rings is 1. The lowest BCUT2D eigenvalue weighted by Gasteiger charge is -2.12. The highest BCUT2D eigenvalue weighted by molar-refractivity contribution is 5.94. The van der Waals surface area contributed by atoms with Crippen LogP contribution >= 0.6 is 12.4 Å². The lowest BCUT2D eigenvalue weighted by Crippen LogP contribution is -2.32. The van der Waals surface area contributed by atoms with Crippen molar-refractivity contribution in [1.29, 1.82) is 0 Å². The molecule has 0 saturated carbocycles. The van der Waals surface area contributed by atoms with Crippen molar-refractivity contribution in [1.82, 2.24) is 5.32 Å². The predicted octanol–water partition coefficient (Wildman–Crippen LogP) is 1.57. The molecule has 0 fully saturated rings. The van der Waals surface area contributed by atoms with E-state index >= 15 is 0 Å². The van der Waals surface area contributed by atoms with Gasteiger partial charge in [0.15, 0.2) is 5.78 Å². The molecule has 0 saturated heterocycles. The van der Waals surface area contributed by atoms with Crippen molar-refractivity contribution in [3.8, 4) is 5.75 Å². The number of halogens is 1. The number of hydrogen-bond donors (Lipinski definition) is 2. The molecular weight excluding hydrogens is 292 g/mol. The van der Waals surface area contributed by atoms with E-state index in [2.05, 4.69) is 5.32 Å². The zero-order valence-electron chi connectivity index (χ0n) is 12.6. The molecule has 3 N–H and O–H groups in total. The Labute approximate surface area is 131 Å². The maximum Gasteiger partial charge on any atom is 0.224 e. The summed E-state index contributed by atoms with van der Waals surface area (Å²) < 4.78 is 5.22. The Balaban J connectivity index is 0.00000400. The molecule has 118 valence electrons. The molecule has 0 aliphatic rings. The number of carbonyl (C=O) groups is 2. The van der Waals surface area contributed by atoms with Crippen molar-refractivity contribution in [3.05, 3.63) is 29.3 Å². The Morgan fingerprint density at radius 1 is 1.38 bits per heavy atom. The molecule has 1 amide bonds. The largest absolute Gasteiger partial charge is 0.496 e. The van der Waals surface area contributed by atoms with Gasteiger partial charge in [0.2, 0.25) is 5.91 Å².